The van der Waals surface area contributed by atoms with E-state index >= 15 is 0 Å². The highest BCUT2D eigenvalue weighted by molar-refractivity contribution is 7.99. The zero-order valence-corrected chi connectivity index (χ0v) is 12.4. The summed E-state index contributed by atoms with van der Waals surface area (Å²) in [5, 5.41) is 14.8. The van der Waals surface area contributed by atoms with E-state index in [1.54, 1.807) is 6.07 Å². The summed E-state index contributed by atoms with van der Waals surface area (Å²) < 4.78 is 5.38. The van der Waals surface area contributed by atoms with Crippen LogP contribution in [0.2, 0.25) is 0 Å². The molecule has 0 radical (unpaired) electrons. The van der Waals surface area contributed by atoms with Crippen molar-refractivity contribution in [3.63, 3.8) is 0 Å². The first-order chi connectivity index (χ1) is 9.69. The summed E-state index contributed by atoms with van der Waals surface area (Å²) in [4.78, 5) is 10.5. The van der Waals surface area contributed by atoms with Gasteiger partial charge in [0, 0.05) is 29.6 Å². The van der Waals surface area contributed by atoms with Gasteiger partial charge in [-0.05, 0) is 25.5 Å². The van der Waals surface area contributed by atoms with Crippen molar-refractivity contribution >= 4 is 23.1 Å². The summed E-state index contributed by atoms with van der Waals surface area (Å²) >= 11 is 1.98. The third-order valence-corrected chi connectivity index (χ3v) is 4.62. The quantitative estimate of drug-likeness (QED) is 0.640. The molecular formula is C14H20N2O3S. The first-order valence-corrected chi connectivity index (χ1v) is 8.01. The molecule has 1 atom stereocenters. The Morgan fingerprint density at radius 1 is 1.45 bits per heavy atom. The largest absolute Gasteiger partial charge is 0.494 e. The van der Waals surface area contributed by atoms with Crippen molar-refractivity contribution in [3.05, 3.63) is 28.3 Å². The van der Waals surface area contributed by atoms with Crippen molar-refractivity contribution in [2.24, 2.45) is 0 Å². The first-order valence-electron chi connectivity index (χ1n) is 6.97. The van der Waals surface area contributed by atoms with Gasteiger partial charge in [0.15, 0.2) is 0 Å². The predicted molar refractivity (Wildman–Crippen MR) is 82.9 cm³/mol. The van der Waals surface area contributed by atoms with Crippen LogP contribution >= 0.6 is 11.8 Å². The van der Waals surface area contributed by atoms with Crippen LogP contribution in [0.3, 0.4) is 0 Å². The fraction of sp³-hybridized carbons (Fsp3) is 0.571. The van der Waals surface area contributed by atoms with Gasteiger partial charge in [0.1, 0.15) is 5.75 Å². The lowest BCUT2D eigenvalue weighted by Crippen LogP contribution is -2.20. The van der Waals surface area contributed by atoms with Crippen LogP contribution in [-0.4, -0.2) is 29.1 Å². The minimum atomic E-state index is -0.386. The maximum atomic E-state index is 10.9. The molecule has 1 aromatic carbocycles. The van der Waals surface area contributed by atoms with E-state index in [-0.39, 0.29) is 10.6 Å². The topological polar surface area (TPSA) is 64.4 Å². The van der Waals surface area contributed by atoms with Gasteiger partial charge in [-0.25, -0.2) is 0 Å². The maximum Gasteiger partial charge on any atom is 0.275 e. The van der Waals surface area contributed by atoms with Crippen LogP contribution in [0.4, 0.5) is 11.4 Å². The summed E-state index contributed by atoms with van der Waals surface area (Å²) in [5.41, 5.74) is 0.823. The van der Waals surface area contributed by atoms with Crippen molar-refractivity contribution in [1.82, 2.24) is 0 Å². The molecule has 2 rings (SSSR count). The molecule has 1 saturated heterocycles. The summed E-state index contributed by atoms with van der Waals surface area (Å²) in [5.74, 6) is 1.76. The van der Waals surface area contributed by atoms with Gasteiger partial charge in [0.25, 0.3) is 5.69 Å². The number of hydrogen-bond donors (Lipinski definition) is 1. The number of rotatable bonds is 6. The Kier molecular flexibility index (Phi) is 5.52. The average Bonchev–Trinajstić information content (AvgIpc) is 2.46. The number of nitrogens with zero attached hydrogens (tertiary/aromatic N) is 1. The van der Waals surface area contributed by atoms with Crippen molar-refractivity contribution < 1.29 is 9.66 Å². The molecule has 1 fully saturated rings. The Morgan fingerprint density at radius 3 is 2.95 bits per heavy atom. The number of hydrogen-bond acceptors (Lipinski definition) is 5. The van der Waals surface area contributed by atoms with E-state index in [2.05, 4.69) is 5.32 Å². The Balaban J connectivity index is 2.03. The first kappa shape index (κ1) is 15.0. The molecule has 0 saturated carbocycles. The molecule has 110 valence electrons. The monoisotopic (exact) mass is 296 g/mol. The molecular weight excluding hydrogens is 276 g/mol. The number of non-ortho nitro benzene ring substituents is 1. The Morgan fingerprint density at radius 2 is 2.30 bits per heavy atom. The van der Waals surface area contributed by atoms with Crippen molar-refractivity contribution in [2.75, 3.05) is 24.2 Å². The second-order valence-corrected chi connectivity index (χ2v) is 6.18. The van der Waals surface area contributed by atoms with Gasteiger partial charge in [0.2, 0.25) is 0 Å². The minimum Gasteiger partial charge on any atom is -0.494 e. The molecule has 1 unspecified atom stereocenters. The summed E-state index contributed by atoms with van der Waals surface area (Å²) in [7, 11) is 0. The standard InChI is InChI=1S/C14H20N2O3S/c1-2-19-13-8-11(7-12(9-13)16(17)18)15-10-14-5-3-4-6-20-14/h7-9,14-15H,2-6,10H2,1H3. The number of anilines is 1. The van der Waals surface area contributed by atoms with Crippen molar-refractivity contribution in [2.45, 2.75) is 31.4 Å². The van der Waals surface area contributed by atoms with Gasteiger partial charge in [0.05, 0.1) is 17.6 Å². The SMILES string of the molecule is CCOc1cc(NCC2CCCCS2)cc([N+](=O)[O-])c1. The number of ether oxygens (including phenoxy) is 1. The van der Waals surface area contributed by atoms with Crippen LogP contribution in [-0.2, 0) is 0 Å². The van der Waals surface area contributed by atoms with E-state index < -0.39 is 0 Å². The zero-order chi connectivity index (χ0) is 14.4. The fourth-order valence-corrected chi connectivity index (χ4v) is 3.48. The van der Waals surface area contributed by atoms with E-state index in [1.807, 2.05) is 24.8 Å². The lowest BCUT2D eigenvalue weighted by atomic mass is 10.2. The predicted octanol–water partition coefficient (Wildman–Crippen LogP) is 3.69. The fourth-order valence-electron chi connectivity index (χ4n) is 2.24. The molecule has 0 amide bonds. The number of nitro groups is 1. The Labute approximate surface area is 123 Å². The maximum absolute atomic E-state index is 10.9. The molecule has 5 nitrogen and oxygen atoms in total. The van der Waals surface area contributed by atoms with Crippen LogP contribution in [0.5, 0.6) is 5.75 Å². The van der Waals surface area contributed by atoms with Gasteiger partial charge in [-0.1, -0.05) is 6.42 Å². The van der Waals surface area contributed by atoms with E-state index in [0.29, 0.717) is 17.6 Å². The van der Waals surface area contributed by atoms with Crippen LogP contribution < -0.4 is 10.1 Å². The lowest BCUT2D eigenvalue weighted by molar-refractivity contribution is -0.384. The number of nitro benzene ring substituents is 1. The molecule has 6 heteroatoms. The third-order valence-electron chi connectivity index (χ3n) is 3.22. The minimum absolute atomic E-state index is 0.0646. The highest BCUT2D eigenvalue weighted by Gasteiger charge is 2.15. The number of nitrogens with one attached hydrogen (secondary N) is 1. The van der Waals surface area contributed by atoms with Gasteiger partial charge in [-0.3, -0.25) is 10.1 Å². The van der Waals surface area contributed by atoms with Gasteiger partial charge >= 0.3 is 0 Å². The van der Waals surface area contributed by atoms with E-state index in [4.69, 9.17) is 4.74 Å². The highest BCUT2D eigenvalue weighted by atomic mass is 32.2. The zero-order valence-electron chi connectivity index (χ0n) is 11.6. The van der Waals surface area contributed by atoms with E-state index in [0.717, 1.165) is 12.2 Å². The molecule has 1 aromatic rings. The van der Waals surface area contributed by atoms with Crippen LogP contribution in [0, 0.1) is 10.1 Å². The Hall–Kier alpha value is -1.43. The molecule has 20 heavy (non-hydrogen) atoms. The lowest BCUT2D eigenvalue weighted by Gasteiger charge is -2.22. The van der Waals surface area contributed by atoms with Crippen LogP contribution in [0.15, 0.2) is 18.2 Å². The van der Waals surface area contributed by atoms with Crippen LogP contribution in [0.25, 0.3) is 0 Å². The van der Waals surface area contributed by atoms with Crippen molar-refractivity contribution in [1.29, 1.82) is 0 Å². The second kappa shape index (κ2) is 7.38. The normalized spacial score (nSPS) is 18.6. The molecule has 0 aromatic heterocycles. The van der Waals surface area contributed by atoms with E-state index in [1.165, 1.54) is 31.1 Å². The van der Waals surface area contributed by atoms with Gasteiger partial charge < -0.3 is 10.1 Å². The van der Waals surface area contributed by atoms with Crippen molar-refractivity contribution in [3.8, 4) is 5.75 Å². The van der Waals surface area contributed by atoms with E-state index in [9.17, 15) is 10.1 Å². The third kappa shape index (κ3) is 4.30. The second-order valence-electron chi connectivity index (χ2n) is 4.78. The molecule has 1 heterocycles. The molecule has 0 bridgehead atoms. The molecule has 1 aliphatic rings. The Bertz CT molecular complexity index is 462. The van der Waals surface area contributed by atoms with Gasteiger partial charge in [-0.2, -0.15) is 11.8 Å². The molecule has 0 aliphatic carbocycles. The summed E-state index contributed by atoms with van der Waals surface area (Å²) in [6, 6.07) is 4.85. The molecule has 1 N–H and O–H groups in total. The highest BCUT2D eigenvalue weighted by Crippen LogP contribution is 2.28. The van der Waals surface area contributed by atoms with Gasteiger partial charge in [-0.15, -0.1) is 0 Å². The summed E-state index contributed by atoms with van der Waals surface area (Å²) in [6.07, 6.45) is 3.79. The molecule has 1 aliphatic heterocycles. The number of benzene rings is 1. The number of thioether (sulfide) groups is 1. The van der Waals surface area contributed by atoms with Crippen LogP contribution in [0.1, 0.15) is 26.2 Å². The molecule has 0 spiro atoms. The smallest absolute Gasteiger partial charge is 0.275 e. The summed E-state index contributed by atoms with van der Waals surface area (Å²) in [6.45, 7) is 3.21. The average molecular weight is 296 g/mol.